The first kappa shape index (κ1) is 23.3. The number of carboxylic acids is 1. The molecule has 9 nitrogen and oxygen atoms in total. The van der Waals surface area contributed by atoms with Crippen LogP contribution in [0, 0.1) is 0 Å². The lowest BCUT2D eigenvalue weighted by Gasteiger charge is -2.08. The third-order valence-corrected chi connectivity index (χ3v) is 4.05. The molecule has 0 radical (unpaired) electrons. The summed E-state index contributed by atoms with van der Waals surface area (Å²) >= 11 is 0. The van der Waals surface area contributed by atoms with E-state index in [0.717, 1.165) is 11.1 Å². The number of nitrogens with one attached hydrogen (secondary N) is 1. The summed E-state index contributed by atoms with van der Waals surface area (Å²) in [6, 6.07) is 14.5. The van der Waals surface area contributed by atoms with Gasteiger partial charge in [-0.3, -0.25) is 14.9 Å². The van der Waals surface area contributed by atoms with E-state index in [1.807, 2.05) is 24.3 Å². The normalized spacial score (nSPS) is 9.94. The van der Waals surface area contributed by atoms with Gasteiger partial charge in [-0.15, -0.1) is 0 Å². The van der Waals surface area contributed by atoms with Crippen LogP contribution in [-0.2, 0) is 30.3 Å². The highest BCUT2D eigenvalue weighted by atomic mass is 16.6. The molecular weight excluding hydrogens is 404 g/mol. The lowest BCUT2D eigenvalue weighted by atomic mass is 10.0. The maximum absolute atomic E-state index is 11.8. The molecule has 0 aliphatic heterocycles. The molecule has 9 heteroatoms. The predicted octanol–water partition coefficient (Wildman–Crippen LogP) is 3.59. The van der Waals surface area contributed by atoms with Gasteiger partial charge < -0.3 is 14.6 Å². The number of esters is 1. The topological polar surface area (TPSA) is 131 Å². The van der Waals surface area contributed by atoms with Crippen LogP contribution in [0.1, 0.15) is 30.4 Å². The van der Waals surface area contributed by atoms with Crippen molar-refractivity contribution in [1.29, 1.82) is 0 Å². The van der Waals surface area contributed by atoms with Crippen molar-refractivity contribution in [3.63, 3.8) is 0 Å². The fourth-order valence-electron chi connectivity index (χ4n) is 2.53. The summed E-state index contributed by atoms with van der Waals surface area (Å²) in [5.41, 5.74) is 3.21. The van der Waals surface area contributed by atoms with Crippen LogP contribution < -0.4 is 5.32 Å². The Labute approximate surface area is 178 Å². The second kappa shape index (κ2) is 12.6. The number of hydrogen-bond donors (Lipinski definition) is 2. The molecule has 2 aromatic carbocycles. The summed E-state index contributed by atoms with van der Waals surface area (Å²) in [5, 5.41) is 11.1. The first-order valence-electron chi connectivity index (χ1n) is 9.53. The minimum absolute atomic E-state index is 0.0445. The van der Waals surface area contributed by atoms with E-state index in [-0.39, 0.29) is 26.1 Å². The van der Waals surface area contributed by atoms with E-state index in [0.29, 0.717) is 24.2 Å². The number of aliphatic carboxylic acids is 1. The van der Waals surface area contributed by atoms with E-state index in [4.69, 9.17) is 14.6 Å². The second-order valence-corrected chi connectivity index (χ2v) is 6.47. The van der Waals surface area contributed by atoms with Gasteiger partial charge in [0.1, 0.15) is 0 Å². The van der Waals surface area contributed by atoms with E-state index < -0.39 is 18.0 Å². The summed E-state index contributed by atoms with van der Waals surface area (Å²) < 4.78 is 9.85. The van der Waals surface area contributed by atoms with Crippen molar-refractivity contribution in [3.05, 3.63) is 59.7 Å². The molecule has 0 aliphatic rings. The number of anilines is 1. The summed E-state index contributed by atoms with van der Waals surface area (Å²) in [7, 11) is 0. The zero-order valence-corrected chi connectivity index (χ0v) is 16.7. The quantitative estimate of drug-likeness (QED) is 0.243. The predicted molar refractivity (Wildman–Crippen MR) is 111 cm³/mol. The van der Waals surface area contributed by atoms with Gasteiger partial charge in [-0.05, 0) is 41.8 Å². The van der Waals surface area contributed by atoms with Gasteiger partial charge in [0.15, 0.2) is 0 Å². The molecule has 2 aromatic rings. The van der Waals surface area contributed by atoms with Gasteiger partial charge in [0.05, 0.1) is 31.7 Å². The lowest BCUT2D eigenvalue weighted by Crippen LogP contribution is -2.16. The minimum atomic E-state index is -1.06. The summed E-state index contributed by atoms with van der Waals surface area (Å²) in [4.78, 5) is 47.2. The second-order valence-electron chi connectivity index (χ2n) is 6.47. The molecule has 2 N–H and O–H groups in total. The number of carboxylic acid groups (broad SMARTS) is 1. The molecule has 0 aliphatic carbocycles. The van der Waals surface area contributed by atoms with Crippen LogP contribution in [0.25, 0.3) is 0 Å². The maximum Gasteiger partial charge on any atom is 0.411 e. The standard InChI is InChI=1S/C22H22N2O7/c25-15-23-18-6-2-16(3-7-18)14-17-4-8-19(9-5-17)24-22(29)31-13-1-12-30-21(28)11-10-20(26)27/h2-9H,1,10-14H2,(H,24,29)(H,26,27). The van der Waals surface area contributed by atoms with E-state index in [1.165, 1.54) is 6.08 Å². The number of carbonyl (C=O) groups excluding carboxylic acids is 3. The van der Waals surface area contributed by atoms with Gasteiger partial charge >= 0.3 is 18.0 Å². The number of hydrogen-bond acceptors (Lipinski definition) is 7. The van der Waals surface area contributed by atoms with Crippen LogP contribution in [0.4, 0.5) is 16.2 Å². The molecule has 0 fully saturated rings. The Morgan fingerprint density at radius 3 is 2.13 bits per heavy atom. The number of amides is 1. The Morgan fingerprint density at radius 1 is 0.903 bits per heavy atom. The molecule has 0 heterocycles. The molecule has 0 saturated heterocycles. The van der Waals surface area contributed by atoms with Crippen molar-refractivity contribution in [2.75, 3.05) is 18.5 Å². The first-order valence-corrected chi connectivity index (χ1v) is 9.53. The summed E-state index contributed by atoms with van der Waals surface area (Å²) in [6.45, 7) is 0.100. The molecule has 0 spiro atoms. The number of benzene rings is 2. The van der Waals surface area contributed by atoms with Crippen LogP contribution in [0.2, 0.25) is 0 Å². The van der Waals surface area contributed by atoms with Gasteiger partial charge in [0.2, 0.25) is 6.08 Å². The molecule has 0 saturated carbocycles. The SMILES string of the molecule is O=C=Nc1ccc(Cc2ccc(NC(=O)OCCCOC(=O)CCC(=O)O)cc2)cc1. The van der Waals surface area contributed by atoms with Gasteiger partial charge in [-0.25, -0.2) is 9.59 Å². The molecule has 0 bridgehead atoms. The highest BCUT2D eigenvalue weighted by Gasteiger charge is 2.07. The van der Waals surface area contributed by atoms with Gasteiger partial charge in [0, 0.05) is 12.1 Å². The zero-order valence-electron chi connectivity index (χ0n) is 16.7. The third-order valence-electron chi connectivity index (χ3n) is 4.05. The van der Waals surface area contributed by atoms with E-state index in [9.17, 15) is 19.2 Å². The van der Waals surface area contributed by atoms with Crippen LogP contribution in [0.3, 0.4) is 0 Å². The molecule has 2 rings (SSSR count). The monoisotopic (exact) mass is 426 g/mol. The van der Waals surface area contributed by atoms with Crippen LogP contribution in [0.15, 0.2) is 53.5 Å². The Morgan fingerprint density at radius 2 is 1.52 bits per heavy atom. The van der Waals surface area contributed by atoms with Crippen LogP contribution in [-0.4, -0.2) is 42.4 Å². The zero-order chi connectivity index (χ0) is 22.5. The Bertz CT molecular complexity index is 933. The van der Waals surface area contributed by atoms with E-state index >= 15 is 0 Å². The molecule has 1 amide bonds. The van der Waals surface area contributed by atoms with Crippen molar-refractivity contribution in [2.45, 2.75) is 25.7 Å². The molecule has 0 aromatic heterocycles. The Balaban J connectivity index is 1.67. The number of carbonyl (C=O) groups is 3. The summed E-state index contributed by atoms with van der Waals surface area (Å²) in [5.74, 6) is -1.66. The molecule has 0 atom stereocenters. The van der Waals surface area contributed by atoms with Gasteiger partial charge in [0.25, 0.3) is 0 Å². The summed E-state index contributed by atoms with van der Waals surface area (Å²) in [6.07, 6.45) is 1.39. The van der Waals surface area contributed by atoms with Crippen molar-refractivity contribution in [1.82, 2.24) is 0 Å². The number of nitrogens with zero attached hydrogens (tertiary/aromatic N) is 1. The fraction of sp³-hybridized carbons (Fsp3) is 0.273. The number of ether oxygens (including phenoxy) is 2. The van der Waals surface area contributed by atoms with Gasteiger partial charge in [-0.1, -0.05) is 24.3 Å². The van der Waals surface area contributed by atoms with Gasteiger partial charge in [-0.2, -0.15) is 4.99 Å². The molecule has 0 unspecified atom stereocenters. The average Bonchev–Trinajstić information content (AvgIpc) is 2.75. The Kier molecular flexibility index (Phi) is 9.45. The smallest absolute Gasteiger partial charge is 0.411 e. The number of aliphatic imine (C=N–C) groups is 1. The number of rotatable bonds is 11. The highest BCUT2D eigenvalue weighted by molar-refractivity contribution is 5.84. The van der Waals surface area contributed by atoms with E-state index in [2.05, 4.69) is 10.3 Å². The van der Waals surface area contributed by atoms with E-state index in [1.54, 1.807) is 24.3 Å². The molecular formula is C22H22N2O7. The highest BCUT2D eigenvalue weighted by Crippen LogP contribution is 2.17. The van der Waals surface area contributed by atoms with Crippen molar-refractivity contribution < 1.29 is 33.8 Å². The van der Waals surface area contributed by atoms with Crippen LogP contribution >= 0.6 is 0 Å². The maximum atomic E-state index is 11.8. The number of isocyanates is 1. The van der Waals surface area contributed by atoms with Crippen LogP contribution in [0.5, 0.6) is 0 Å². The Hall–Kier alpha value is -3.97. The van der Waals surface area contributed by atoms with Crippen molar-refractivity contribution in [3.8, 4) is 0 Å². The largest absolute Gasteiger partial charge is 0.481 e. The lowest BCUT2D eigenvalue weighted by molar-refractivity contribution is -0.147. The average molecular weight is 426 g/mol. The molecule has 162 valence electrons. The van der Waals surface area contributed by atoms with Crippen molar-refractivity contribution >= 4 is 35.5 Å². The third kappa shape index (κ3) is 9.38. The molecule has 31 heavy (non-hydrogen) atoms. The van der Waals surface area contributed by atoms with Crippen molar-refractivity contribution in [2.24, 2.45) is 4.99 Å². The fourth-order valence-corrected chi connectivity index (χ4v) is 2.53. The first-order chi connectivity index (χ1) is 15.0. The minimum Gasteiger partial charge on any atom is -0.481 e.